The Bertz CT molecular complexity index is 752. The van der Waals surface area contributed by atoms with Crippen LogP contribution in [0.3, 0.4) is 0 Å². The third kappa shape index (κ3) is 4.90. The first kappa shape index (κ1) is 16.7. The summed E-state index contributed by atoms with van der Waals surface area (Å²) in [7, 11) is 0. The summed E-state index contributed by atoms with van der Waals surface area (Å²) in [5, 5.41) is 13.9. The minimum absolute atomic E-state index is 0.0244. The number of hydrogen-bond donors (Lipinski definition) is 3. The molecule has 2 rings (SSSR count). The van der Waals surface area contributed by atoms with E-state index in [4.69, 9.17) is 23.8 Å². The van der Waals surface area contributed by atoms with Crippen molar-refractivity contribution in [3.8, 4) is 0 Å². The highest BCUT2D eigenvalue weighted by atomic mass is 35.5. The zero-order valence-electron chi connectivity index (χ0n) is 11.6. The first-order chi connectivity index (χ1) is 11.0. The number of nitro benzene ring substituents is 1. The number of carbonyl (C=O) groups is 1. The summed E-state index contributed by atoms with van der Waals surface area (Å²) in [4.78, 5) is 21.9. The predicted molar refractivity (Wildman–Crippen MR) is 91.4 cm³/mol. The Hall–Kier alpha value is -2.71. The van der Waals surface area contributed by atoms with Crippen molar-refractivity contribution >= 4 is 46.2 Å². The van der Waals surface area contributed by atoms with Crippen molar-refractivity contribution < 1.29 is 9.72 Å². The smallest absolute Gasteiger partial charge is 0.269 e. The molecule has 0 saturated carbocycles. The number of rotatable bonds is 3. The summed E-state index contributed by atoms with van der Waals surface area (Å²) < 4.78 is 0. The molecule has 0 aliphatic carbocycles. The number of benzene rings is 2. The maximum atomic E-state index is 11.9. The van der Waals surface area contributed by atoms with E-state index < -0.39 is 10.8 Å². The fourth-order valence-electron chi connectivity index (χ4n) is 1.64. The van der Waals surface area contributed by atoms with E-state index in [1.807, 2.05) is 0 Å². The Balaban J connectivity index is 1.87. The SMILES string of the molecule is O=C(NNC(=S)Nc1ccc([N+](=O)[O-])cc1)c1cccc(Cl)c1. The van der Waals surface area contributed by atoms with Gasteiger partial charge in [-0.05, 0) is 42.5 Å². The van der Waals surface area contributed by atoms with Crippen molar-refractivity contribution in [2.45, 2.75) is 0 Å². The lowest BCUT2D eigenvalue weighted by atomic mass is 10.2. The van der Waals surface area contributed by atoms with E-state index in [-0.39, 0.29) is 10.8 Å². The van der Waals surface area contributed by atoms with Gasteiger partial charge in [-0.3, -0.25) is 25.8 Å². The van der Waals surface area contributed by atoms with Gasteiger partial charge >= 0.3 is 0 Å². The fraction of sp³-hybridized carbons (Fsp3) is 0. The van der Waals surface area contributed by atoms with Gasteiger partial charge in [0.2, 0.25) is 0 Å². The lowest BCUT2D eigenvalue weighted by Gasteiger charge is -2.11. The van der Waals surface area contributed by atoms with Crippen molar-refractivity contribution in [1.82, 2.24) is 10.9 Å². The van der Waals surface area contributed by atoms with Gasteiger partial charge in [0.1, 0.15) is 0 Å². The van der Waals surface area contributed by atoms with E-state index in [0.29, 0.717) is 16.3 Å². The number of nitrogens with one attached hydrogen (secondary N) is 3. The number of amides is 1. The van der Waals surface area contributed by atoms with Gasteiger partial charge in [-0.25, -0.2) is 0 Å². The van der Waals surface area contributed by atoms with Crippen molar-refractivity contribution in [2.75, 3.05) is 5.32 Å². The van der Waals surface area contributed by atoms with E-state index in [0.717, 1.165) is 0 Å². The van der Waals surface area contributed by atoms with Crippen LogP contribution in [0, 0.1) is 10.1 Å². The highest BCUT2D eigenvalue weighted by Gasteiger charge is 2.07. The van der Waals surface area contributed by atoms with Crippen LogP contribution in [-0.2, 0) is 0 Å². The summed E-state index contributed by atoms with van der Waals surface area (Å²) in [6.07, 6.45) is 0. The quantitative estimate of drug-likeness (QED) is 0.447. The molecule has 0 aliphatic rings. The normalized spacial score (nSPS) is 9.78. The number of carbonyl (C=O) groups excluding carboxylic acids is 1. The zero-order valence-corrected chi connectivity index (χ0v) is 13.1. The maximum Gasteiger partial charge on any atom is 0.269 e. The Kier molecular flexibility index (Phi) is 5.45. The van der Waals surface area contributed by atoms with Crippen LogP contribution < -0.4 is 16.2 Å². The summed E-state index contributed by atoms with van der Waals surface area (Å²) in [5.41, 5.74) is 5.85. The third-order valence-corrected chi connectivity index (χ3v) is 3.15. The summed E-state index contributed by atoms with van der Waals surface area (Å²) in [5.74, 6) is -0.402. The summed E-state index contributed by atoms with van der Waals surface area (Å²) in [6, 6.07) is 12.1. The topological polar surface area (TPSA) is 96.3 Å². The number of thiocarbonyl (C=S) groups is 1. The van der Waals surface area contributed by atoms with Gasteiger partial charge in [-0.15, -0.1) is 0 Å². The molecule has 0 fully saturated rings. The first-order valence-electron chi connectivity index (χ1n) is 6.33. The van der Waals surface area contributed by atoms with Crippen LogP contribution in [0.25, 0.3) is 0 Å². The van der Waals surface area contributed by atoms with Gasteiger partial charge < -0.3 is 5.32 Å². The molecule has 1 amide bonds. The second-order valence-corrected chi connectivity index (χ2v) is 5.19. The number of nitro groups is 1. The molecular formula is C14H11ClN4O3S. The number of nitrogens with zero attached hydrogens (tertiary/aromatic N) is 1. The number of halogens is 1. The molecular weight excluding hydrogens is 340 g/mol. The van der Waals surface area contributed by atoms with Crippen LogP contribution in [0.15, 0.2) is 48.5 Å². The second kappa shape index (κ2) is 7.52. The molecule has 118 valence electrons. The van der Waals surface area contributed by atoms with Crippen LogP contribution in [-0.4, -0.2) is 15.9 Å². The number of non-ortho nitro benzene ring substituents is 1. The molecule has 23 heavy (non-hydrogen) atoms. The molecule has 0 aromatic heterocycles. The van der Waals surface area contributed by atoms with Crippen LogP contribution in [0.2, 0.25) is 5.02 Å². The zero-order chi connectivity index (χ0) is 16.8. The van der Waals surface area contributed by atoms with Gasteiger partial charge in [-0.1, -0.05) is 17.7 Å². The molecule has 0 heterocycles. The minimum atomic E-state index is -0.494. The van der Waals surface area contributed by atoms with E-state index in [9.17, 15) is 14.9 Å². The third-order valence-electron chi connectivity index (χ3n) is 2.71. The van der Waals surface area contributed by atoms with E-state index in [2.05, 4.69) is 16.2 Å². The fourth-order valence-corrected chi connectivity index (χ4v) is 2.00. The molecule has 2 aromatic rings. The predicted octanol–water partition coefficient (Wildman–Crippen LogP) is 2.88. The Morgan fingerprint density at radius 2 is 1.83 bits per heavy atom. The van der Waals surface area contributed by atoms with Gasteiger partial charge in [0.25, 0.3) is 11.6 Å². The largest absolute Gasteiger partial charge is 0.331 e. The highest BCUT2D eigenvalue weighted by Crippen LogP contribution is 2.15. The monoisotopic (exact) mass is 350 g/mol. The molecule has 0 spiro atoms. The van der Waals surface area contributed by atoms with Crippen molar-refractivity contribution in [3.05, 3.63) is 69.2 Å². The minimum Gasteiger partial charge on any atom is -0.331 e. The van der Waals surface area contributed by atoms with E-state index >= 15 is 0 Å². The molecule has 0 aliphatic heterocycles. The molecule has 0 unspecified atom stereocenters. The number of hydrazine groups is 1. The standard InChI is InChI=1S/C14H11ClN4O3S/c15-10-3-1-2-9(8-10)13(20)17-18-14(23)16-11-4-6-12(7-5-11)19(21)22/h1-8H,(H,17,20)(H2,16,18,23). The average Bonchev–Trinajstić information content (AvgIpc) is 2.53. The van der Waals surface area contributed by atoms with Crippen LogP contribution in [0.5, 0.6) is 0 Å². The molecule has 0 atom stereocenters. The average molecular weight is 351 g/mol. The first-order valence-corrected chi connectivity index (χ1v) is 7.11. The highest BCUT2D eigenvalue weighted by molar-refractivity contribution is 7.80. The molecule has 3 N–H and O–H groups in total. The lowest BCUT2D eigenvalue weighted by molar-refractivity contribution is -0.384. The Morgan fingerprint density at radius 1 is 1.13 bits per heavy atom. The molecule has 0 radical (unpaired) electrons. The van der Waals surface area contributed by atoms with E-state index in [1.54, 1.807) is 18.2 Å². The lowest BCUT2D eigenvalue weighted by Crippen LogP contribution is -2.43. The van der Waals surface area contributed by atoms with E-state index in [1.165, 1.54) is 30.3 Å². The Labute approximate surface area is 141 Å². The van der Waals surface area contributed by atoms with Crippen molar-refractivity contribution in [3.63, 3.8) is 0 Å². The van der Waals surface area contributed by atoms with Crippen LogP contribution >= 0.6 is 23.8 Å². The molecule has 7 nitrogen and oxygen atoms in total. The van der Waals surface area contributed by atoms with Crippen molar-refractivity contribution in [1.29, 1.82) is 0 Å². The van der Waals surface area contributed by atoms with Gasteiger partial charge in [-0.2, -0.15) is 0 Å². The second-order valence-electron chi connectivity index (χ2n) is 4.35. The maximum absolute atomic E-state index is 11.9. The van der Waals surface area contributed by atoms with Crippen LogP contribution in [0.1, 0.15) is 10.4 Å². The van der Waals surface area contributed by atoms with Gasteiger partial charge in [0.05, 0.1) is 4.92 Å². The van der Waals surface area contributed by atoms with Gasteiger partial charge in [0, 0.05) is 28.4 Å². The van der Waals surface area contributed by atoms with Crippen LogP contribution in [0.4, 0.5) is 11.4 Å². The van der Waals surface area contributed by atoms with Gasteiger partial charge in [0.15, 0.2) is 5.11 Å². The molecule has 2 aromatic carbocycles. The summed E-state index contributed by atoms with van der Waals surface area (Å²) in [6.45, 7) is 0. The summed E-state index contributed by atoms with van der Waals surface area (Å²) >= 11 is 10.8. The molecule has 0 saturated heterocycles. The van der Waals surface area contributed by atoms with Crippen molar-refractivity contribution in [2.24, 2.45) is 0 Å². The number of hydrogen-bond acceptors (Lipinski definition) is 4. The Morgan fingerprint density at radius 3 is 2.43 bits per heavy atom. The molecule has 0 bridgehead atoms. The molecule has 9 heteroatoms. The number of anilines is 1.